The number of fused-ring (bicyclic) bond motifs is 1. The lowest BCUT2D eigenvalue weighted by atomic mass is 9.90. The van der Waals surface area contributed by atoms with Crippen molar-refractivity contribution in [3.63, 3.8) is 0 Å². The van der Waals surface area contributed by atoms with Gasteiger partial charge in [0.2, 0.25) is 11.8 Å². The molecule has 1 aliphatic heterocycles. The smallest absolute Gasteiger partial charge is 0.322 e. The van der Waals surface area contributed by atoms with Crippen LogP contribution in [0.3, 0.4) is 0 Å². The first-order chi connectivity index (χ1) is 15.4. The first-order valence-electron chi connectivity index (χ1n) is 10.5. The number of rotatable bonds is 5. The molecule has 0 spiro atoms. The molecule has 1 unspecified atom stereocenters. The average molecular weight is 493 g/mol. The molecule has 3 heterocycles. The Morgan fingerprint density at radius 1 is 1.12 bits per heavy atom. The number of anilines is 1. The summed E-state index contributed by atoms with van der Waals surface area (Å²) >= 11 is 6.87. The van der Waals surface area contributed by atoms with Crippen LogP contribution in [0.15, 0.2) is 39.0 Å². The van der Waals surface area contributed by atoms with Crippen LogP contribution in [-0.4, -0.2) is 41.4 Å². The maximum Gasteiger partial charge on any atom is 0.322 e. The Hall–Kier alpha value is -2.27. The molecule has 11 heteroatoms. The standard InChI is InChI=1S/C21H21ClN4O4S2/c22-17-9-10-18(31-17)32(28,29)26-11-3-6-16(26)19(27)23-21-25-24-20(30-21)15-8-7-13-4-1-2-5-14(13)12-15/h7-10,12,16H,1-6,11H2,(H,23,25,27). The Bertz CT molecular complexity index is 1270. The Morgan fingerprint density at radius 3 is 2.72 bits per heavy atom. The summed E-state index contributed by atoms with van der Waals surface area (Å²) in [5, 5.41) is 10.6. The highest BCUT2D eigenvalue weighted by atomic mass is 35.5. The Balaban J connectivity index is 1.32. The van der Waals surface area contributed by atoms with E-state index in [2.05, 4.69) is 27.6 Å². The number of hydrogen-bond donors (Lipinski definition) is 1. The zero-order valence-corrected chi connectivity index (χ0v) is 19.5. The van der Waals surface area contributed by atoms with Gasteiger partial charge < -0.3 is 4.42 Å². The Kier molecular flexibility index (Phi) is 5.79. The van der Waals surface area contributed by atoms with Crippen LogP contribution in [0.4, 0.5) is 6.01 Å². The van der Waals surface area contributed by atoms with Gasteiger partial charge in [0.15, 0.2) is 0 Å². The van der Waals surface area contributed by atoms with Crippen LogP contribution in [-0.2, 0) is 27.7 Å². The molecule has 1 amide bonds. The third-order valence-electron chi connectivity index (χ3n) is 5.87. The van der Waals surface area contributed by atoms with E-state index in [0.29, 0.717) is 23.1 Å². The van der Waals surface area contributed by atoms with Crippen molar-refractivity contribution in [2.45, 2.75) is 48.8 Å². The number of nitrogens with one attached hydrogen (secondary N) is 1. The van der Waals surface area contributed by atoms with Gasteiger partial charge in [0.05, 0.1) is 4.34 Å². The van der Waals surface area contributed by atoms with Gasteiger partial charge in [-0.25, -0.2) is 8.42 Å². The normalized spacial score (nSPS) is 19.1. The van der Waals surface area contributed by atoms with Crippen molar-refractivity contribution in [1.82, 2.24) is 14.5 Å². The number of hydrogen-bond acceptors (Lipinski definition) is 7. The minimum Gasteiger partial charge on any atom is -0.403 e. The number of amides is 1. The zero-order valence-electron chi connectivity index (χ0n) is 17.1. The molecule has 0 saturated carbocycles. The number of carbonyl (C=O) groups excluding carboxylic acids is 1. The summed E-state index contributed by atoms with van der Waals surface area (Å²) in [5.41, 5.74) is 3.44. The number of aromatic nitrogens is 2. The topological polar surface area (TPSA) is 105 Å². The van der Waals surface area contributed by atoms with Crippen molar-refractivity contribution in [2.75, 3.05) is 11.9 Å². The second kappa shape index (κ2) is 8.58. The lowest BCUT2D eigenvalue weighted by Gasteiger charge is -2.21. The van der Waals surface area contributed by atoms with Crippen molar-refractivity contribution in [2.24, 2.45) is 0 Å². The molecule has 1 fully saturated rings. The van der Waals surface area contributed by atoms with E-state index in [1.54, 1.807) is 0 Å². The first kappa shape index (κ1) is 21.6. The molecule has 1 aromatic carbocycles. The fourth-order valence-corrected chi connectivity index (χ4v) is 7.56. The number of nitrogens with zero attached hydrogens (tertiary/aromatic N) is 3. The Morgan fingerprint density at radius 2 is 1.94 bits per heavy atom. The molecule has 2 aliphatic rings. The van der Waals surface area contributed by atoms with E-state index in [1.165, 1.54) is 40.4 Å². The SMILES string of the molecule is O=C(Nc1nnc(-c2ccc3c(c2)CCCC3)o1)C1CCCN1S(=O)(=O)c1ccc(Cl)s1. The minimum atomic E-state index is -3.81. The maximum absolute atomic E-state index is 13.0. The molecule has 3 aromatic rings. The summed E-state index contributed by atoms with van der Waals surface area (Å²) in [6.07, 6.45) is 5.48. The summed E-state index contributed by atoms with van der Waals surface area (Å²) in [4.78, 5) is 12.9. The summed E-state index contributed by atoms with van der Waals surface area (Å²) in [7, 11) is -3.81. The van der Waals surface area contributed by atoms with E-state index < -0.39 is 22.0 Å². The number of carbonyl (C=O) groups is 1. The minimum absolute atomic E-state index is 0.0499. The summed E-state index contributed by atoms with van der Waals surface area (Å²) in [6.45, 7) is 0.264. The predicted octanol–water partition coefficient (Wildman–Crippen LogP) is 4.12. The van der Waals surface area contributed by atoms with E-state index in [1.807, 2.05) is 6.07 Å². The molecule has 1 N–H and O–H groups in total. The van der Waals surface area contributed by atoms with Crippen molar-refractivity contribution in [3.05, 3.63) is 45.8 Å². The fourth-order valence-electron chi connectivity index (χ4n) is 4.29. The number of sulfonamides is 1. The van der Waals surface area contributed by atoms with Crippen LogP contribution in [0.2, 0.25) is 4.34 Å². The molecule has 8 nitrogen and oxygen atoms in total. The average Bonchev–Trinajstić information content (AvgIpc) is 3.54. The first-order valence-corrected chi connectivity index (χ1v) is 13.1. The third kappa shape index (κ3) is 4.07. The van der Waals surface area contributed by atoms with Gasteiger partial charge >= 0.3 is 6.01 Å². The highest BCUT2D eigenvalue weighted by Crippen LogP contribution is 2.33. The number of thiophene rings is 1. The third-order valence-corrected chi connectivity index (χ3v) is 9.48. The summed E-state index contributed by atoms with van der Waals surface area (Å²) in [6, 6.07) is 8.19. The van der Waals surface area contributed by atoms with Gasteiger partial charge in [0, 0.05) is 12.1 Å². The van der Waals surface area contributed by atoms with Gasteiger partial charge in [-0.3, -0.25) is 10.1 Å². The number of benzene rings is 1. The van der Waals surface area contributed by atoms with Crippen LogP contribution in [0.5, 0.6) is 0 Å². The van der Waals surface area contributed by atoms with Crippen molar-refractivity contribution in [1.29, 1.82) is 0 Å². The van der Waals surface area contributed by atoms with E-state index in [4.69, 9.17) is 16.0 Å². The highest BCUT2D eigenvalue weighted by molar-refractivity contribution is 7.91. The van der Waals surface area contributed by atoms with Gasteiger partial charge in [0.1, 0.15) is 10.3 Å². The van der Waals surface area contributed by atoms with Gasteiger partial charge in [0.25, 0.3) is 10.0 Å². The maximum atomic E-state index is 13.0. The molecule has 0 radical (unpaired) electrons. The Labute approximate surface area is 194 Å². The van der Waals surface area contributed by atoms with Crippen LogP contribution in [0, 0.1) is 0 Å². The van der Waals surface area contributed by atoms with Crippen LogP contribution in [0.25, 0.3) is 11.5 Å². The molecule has 2 aromatic heterocycles. The summed E-state index contributed by atoms with van der Waals surface area (Å²) in [5.74, 6) is -0.174. The van der Waals surface area contributed by atoms with E-state index in [0.717, 1.165) is 29.7 Å². The number of aryl methyl sites for hydroxylation is 2. The van der Waals surface area contributed by atoms with Gasteiger partial charge in [-0.1, -0.05) is 22.8 Å². The molecule has 168 valence electrons. The molecule has 1 saturated heterocycles. The predicted molar refractivity (Wildman–Crippen MR) is 121 cm³/mol. The van der Waals surface area contributed by atoms with E-state index in [9.17, 15) is 13.2 Å². The van der Waals surface area contributed by atoms with Crippen molar-refractivity contribution < 1.29 is 17.6 Å². The second-order valence-electron chi connectivity index (χ2n) is 7.92. The highest BCUT2D eigenvalue weighted by Gasteiger charge is 2.40. The summed E-state index contributed by atoms with van der Waals surface area (Å²) < 4.78 is 33.3. The molecule has 1 aliphatic carbocycles. The lowest BCUT2D eigenvalue weighted by molar-refractivity contribution is -0.119. The van der Waals surface area contributed by atoms with Gasteiger partial charge in [-0.05, 0) is 73.9 Å². The van der Waals surface area contributed by atoms with Crippen molar-refractivity contribution >= 4 is 44.9 Å². The lowest BCUT2D eigenvalue weighted by Crippen LogP contribution is -2.42. The van der Waals surface area contributed by atoms with Gasteiger partial charge in [-0.15, -0.1) is 16.4 Å². The van der Waals surface area contributed by atoms with E-state index in [-0.39, 0.29) is 16.8 Å². The fraction of sp³-hybridized carbons (Fsp3) is 0.381. The van der Waals surface area contributed by atoms with Crippen LogP contribution >= 0.6 is 22.9 Å². The zero-order chi connectivity index (χ0) is 22.3. The largest absolute Gasteiger partial charge is 0.403 e. The monoisotopic (exact) mass is 492 g/mol. The quantitative estimate of drug-likeness (QED) is 0.574. The van der Waals surface area contributed by atoms with Gasteiger partial charge in [-0.2, -0.15) is 4.31 Å². The van der Waals surface area contributed by atoms with Crippen LogP contribution in [0.1, 0.15) is 36.8 Å². The van der Waals surface area contributed by atoms with Crippen LogP contribution < -0.4 is 5.32 Å². The van der Waals surface area contributed by atoms with Crippen molar-refractivity contribution in [3.8, 4) is 11.5 Å². The molecule has 5 rings (SSSR count). The molecule has 1 atom stereocenters. The second-order valence-corrected chi connectivity index (χ2v) is 11.8. The molecular weight excluding hydrogens is 472 g/mol. The van der Waals surface area contributed by atoms with E-state index >= 15 is 0 Å². The molecule has 0 bridgehead atoms. The molecule has 32 heavy (non-hydrogen) atoms. The number of halogens is 1. The molecular formula is C21H21ClN4O4S2.